The second-order valence-electron chi connectivity index (χ2n) is 13.7. The first-order valence-electron chi connectivity index (χ1n) is 14.8. The molecule has 1 saturated heterocycles. The third-order valence-electron chi connectivity index (χ3n) is 7.01. The lowest BCUT2D eigenvalue weighted by molar-refractivity contribution is 0.00578. The predicted molar refractivity (Wildman–Crippen MR) is 171 cm³/mol. The summed E-state index contributed by atoms with van der Waals surface area (Å²) in [6, 6.07) is 9.87. The lowest BCUT2D eigenvalue weighted by Gasteiger charge is -2.32. The Hall–Kier alpha value is -3.84. The molecule has 246 valence electrons. The van der Waals surface area contributed by atoms with Crippen molar-refractivity contribution in [3.63, 3.8) is 0 Å². The Morgan fingerprint density at radius 3 is 1.91 bits per heavy atom. The molecule has 1 heterocycles. The van der Waals surface area contributed by atoms with Gasteiger partial charge in [0.2, 0.25) is 0 Å². The molecule has 3 rings (SSSR count). The molecule has 0 aliphatic carbocycles. The summed E-state index contributed by atoms with van der Waals surface area (Å²) in [5.41, 5.74) is -2.10. The molecule has 0 unspecified atom stereocenters. The normalized spacial score (nSPS) is 15.7. The minimum absolute atomic E-state index is 0.0704. The molecule has 0 saturated carbocycles. The van der Waals surface area contributed by atoms with E-state index in [1.54, 1.807) is 60.6 Å². The zero-order valence-electron chi connectivity index (χ0n) is 28.0. The summed E-state index contributed by atoms with van der Waals surface area (Å²) in [5, 5.41) is 4.79. The number of amides is 3. The van der Waals surface area contributed by atoms with Crippen LogP contribution >= 0.6 is 0 Å². The average Bonchev–Trinajstić information content (AvgIpc) is 3.10. The van der Waals surface area contributed by atoms with Crippen LogP contribution in [0.2, 0.25) is 0 Å². The van der Waals surface area contributed by atoms with Crippen LogP contribution in [0.4, 0.5) is 35.8 Å². The van der Waals surface area contributed by atoms with E-state index in [0.29, 0.717) is 5.56 Å². The molecular formula is C32H45BFN3O8. The van der Waals surface area contributed by atoms with Gasteiger partial charge in [0, 0.05) is 0 Å². The van der Waals surface area contributed by atoms with Gasteiger partial charge in [-0.25, -0.2) is 18.8 Å². The summed E-state index contributed by atoms with van der Waals surface area (Å²) in [4.78, 5) is 39.5. The van der Waals surface area contributed by atoms with Crippen molar-refractivity contribution < 1.29 is 42.3 Å². The first-order valence-corrected chi connectivity index (χ1v) is 14.8. The maximum Gasteiger partial charge on any atom is 0.494 e. The fourth-order valence-electron chi connectivity index (χ4n) is 4.19. The van der Waals surface area contributed by atoms with Crippen LogP contribution in [0.1, 0.15) is 81.7 Å². The maximum atomic E-state index is 16.4. The minimum atomic E-state index is -1.00. The molecule has 2 aromatic rings. The van der Waals surface area contributed by atoms with Crippen LogP contribution in [-0.4, -0.2) is 54.4 Å². The van der Waals surface area contributed by atoms with Gasteiger partial charge in [-0.2, -0.15) is 0 Å². The summed E-state index contributed by atoms with van der Waals surface area (Å²) >= 11 is 0. The average molecular weight is 630 g/mol. The molecule has 45 heavy (non-hydrogen) atoms. The van der Waals surface area contributed by atoms with Crippen molar-refractivity contribution in [3.05, 3.63) is 47.8 Å². The van der Waals surface area contributed by atoms with Gasteiger partial charge >= 0.3 is 25.4 Å². The number of carbonyl (C=O) groups excluding carboxylic acids is 3. The van der Waals surface area contributed by atoms with Crippen LogP contribution in [0.5, 0.6) is 0 Å². The summed E-state index contributed by atoms with van der Waals surface area (Å²) in [5.74, 6) is -1.00. The van der Waals surface area contributed by atoms with Crippen molar-refractivity contribution in [2.24, 2.45) is 0 Å². The molecule has 0 radical (unpaired) electrons. The van der Waals surface area contributed by atoms with Crippen LogP contribution in [-0.2, 0) is 30.1 Å². The van der Waals surface area contributed by atoms with Gasteiger partial charge in [0.05, 0.1) is 35.7 Å². The van der Waals surface area contributed by atoms with Crippen molar-refractivity contribution in [2.45, 2.75) is 105 Å². The van der Waals surface area contributed by atoms with Crippen molar-refractivity contribution in [1.82, 2.24) is 0 Å². The number of ether oxygens (including phenoxy) is 3. The van der Waals surface area contributed by atoms with Gasteiger partial charge in [-0.15, -0.1) is 0 Å². The highest BCUT2D eigenvalue weighted by Crippen LogP contribution is 2.37. The first-order chi connectivity index (χ1) is 20.6. The third-order valence-corrected chi connectivity index (χ3v) is 7.01. The van der Waals surface area contributed by atoms with Crippen LogP contribution in [0.3, 0.4) is 0 Å². The number of halogens is 1. The second kappa shape index (κ2) is 13.3. The Labute approximate surface area is 265 Å². The standard InChI is InChI=1S/C32H45BFN3O8/c1-12-41-26(38)35-22-17-18-23(24(34)25(22)36-27(39)42-29(2,3)4)37(28(40)43-30(5,6)7)19-20-13-15-21(16-14-20)33-44-31(8,9)32(10,11)45-33/h13-18H,12,19H2,1-11H3,(H,35,38)(H,36,39). The number of hydrogen-bond donors (Lipinski definition) is 2. The van der Waals surface area contributed by atoms with E-state index in [0.717, 1.165) is 10.4 Å². The highest BCUT2D eigenvalue weighted by Gasteiger charge is 2.51. The summed E-state index contributed by atoms with van der Waals surface area (Å²) in [7, 11) is -0.579. The molecule has 0 aromatic heterocycles. The molecule has 0 atom stereocenters. The molecular weight excluding hydrogens is 584 g/mol. The number of anilines is 3. The van der Waals surface area contributed by atoms with Crippen LogP contribution in [0.25, 0.3) is 0 Å². The Morgan fingerprint density at radius 2 is 1.40 bits per heavy atom. The maximum absolute atomic E-state index is 16.4. The number of nitrogens with zero attached hydrogens (tertiary/aromatic N) is 1. The highest BCUT2D eigenvalue weighted by molar-refractivity contribution is 6.62. The molecule has 0 spiro atoms. The summed E-state index contributed by atoms with van der Waals surface area (Å²) < 4.78 is 44.5. The second-order valence-corrected chi connectivity index (χ2v) is 13.7. The lowest BCUT2D eigenvalue weighted by atomic mass is 9.79. The van der Waals surface area contributed by atoms with E-state index < -0.39 is 59.3 Å². The van der Waals surface area contributed by atoms with E-state index in [4.69, 9.17) is 23.5 Å². The molecule has 0 bridgehead atoms. The fourth-order valence-corrected chi connectivity index (χ4v) is 4.19. The molecule has 3 amide bonds. The van der Waals surface area contributed by atoms with Crippen LogP contribution in [0, 0.1) is 5.82 Å². The molecule has 1 fully saturated rings. The number of rotatable bonds is 7. The number of benzene rings is 2. The van der Waals surface area contributed by atoms with E-state index in [9.17, 15) is 14.4 Å². The van der Waals surface area contributed by atoms with Crippen molar-refractivity contribution in [3.8, 4) is 0 Å². The first kappa shape index (κ1) is 35.6. The lowest BCUT2D eigenvalue weighted by Crippen LogP contribution is -2.41. The van der Waals surface area contributed by atoms with Crippen LogP contribution < -0.4 is 21.0 Å². The van der Waals surface area contributed by atoms with E-state index in [-0.39, 0.29) is 24.5 Å². The van der Waals surface area contributed by atoms with E-state index in [1.165, 1.54) is 12.1 Å². The summed E-state index contributed by atoms with van der Waals surface area (Å²) in [6.45, 7) is 19.5. The fraction of sp³-hybridized carbons (Fsp3) is 0.531. The van der Waals surface area contributed by atoms with Gasteiger partial charge in [-0.3, -0.25) is 15.5 Å². The largest absolute Gasteiger partial charge is 0.494 e. The molecule has 1 aliphatic heterocycles. The van der Waals surface area contributed by atoms with Gasteiger partial charge < -0.3 is 23.5 Å². The van der Waals surface area contributed by atoms with Gasteiger partial charge in [-0.05, 0) is 99.3 Å². The zero-order chi connectivity index (χ0) is 34.0. The molecule has 1 aliphatic rings. The van der Waals surface area contributed by atoms with Crippen molar-refractivity contribution >= 4 is 47.9 Å². The predicted octanol–water partition coefficient (Wildman–Crippen LogP) is 6.98. The highest BCUT2D eigenvalue weighted by atomic mass is 19.1. The van der Waals surface area contributed by atoms with Crippen molar-refractivity contribution in [2.75, 3.05) is 22.1 Å². The van der Waals surface area contributed by atoms with Gasteiger partial charge in [0.15, 0.2) is 5.82 Å². The van der Waals surface area contributed by atoms with E-state index in [2.05, 4.69) is 10.6 Å². The zero-order valence-corrected chi connectivity index (χ0v) is 28.0. The minimum Gasteiger partial charge on any atom is -0.450 e. The smallest absolute Gasteiger partial charge is 0.450 e. The molecule has 2 aromatic carbocycles. The Balaban J connectivity index is 2.02. The topological polar surface area (TPSA) is 125 Å². The van der Waals surface area contributed by atoms with E-state index in [1.807, 2.05) is 39.8 Å². The molecule has 13 heteroatoms. The van der Waals surface area contributed by atoms with Crippen molar-refractivity contribution in [1.29, 1.82) is 0 Å². The SMILES string of the molecule is CCOC(=O)Nc1ccc(N(Cc2ccc(B3OC(C)(C)C(C)(C)O3)cc2)C(=O)OC(C)(C)C)c(F)c1NC(=O)OC(C)(C)C. The van der Waals surface area contributed by atoms with Gasteiger partial charge in [0.1, 0.15) is 16.9 Å². The van der Waals surface area contributed by atoms with Gasteiger partial charge in [0.25, 0.3) is 0 Å². The van der Waals surface area contributed by atoms with Gasteiger partial charge in [-0.1, -0.05) is 24.3 Å². The van der Waals surface area contributed by atoms with Crippen LogP contribution in [0.15, 0.2) is 36.4 Å². The Morgan fingerprint density at radius 1 is 0.844 bits per heavy atom. The van der Waals surface area contributed by atoms with E-state index >= 15 is 4.39 Å². The Bertz CT molecular complexity index is 1380. The Kier molecular flexibility index (Phi) is 10.5. The number of hydrogen-bond acceptors (Lipinski definition) is 8. The monoisotopic (exact) mass is 629 g/mol. The number of nitrogens with one attached hydrogen (secondary N) is 2. The molecule has 11 nitrogen and oxygen atoms in total. The summed E-state index contributed by atoms with van der Waals surface area (Å²) in [6.07, 6.45) is -2.65. The molecule has 2 N–H and O–H groups in total. The number of carbonyl (C=O) groups is 3. The quantitative estimate of drug-likeness (QED) is 0.248. The third kappa shape index (κ3) is 9.33.